The Morgan fingerprint density at radius 3 is 2.61 bits per heavy atom. The van der Waals surface area contributed by atoms with E-state index < -0.39 is 0 Å². The Morgan fingerprint density at radius 1 is 1.17 bits per heavy atom. The van der Waals surface area contributed by atoms with Crippen LogP contribution in [0.4, 0.5) is 10.2 Å². The lowest BCUT2D eigenvalue weighted by Gasteiger charge is -2.06. The lowest BCUT2D eigenvalue weighted by atomic mass is 10.0. The largest absolute Gasteiger partial charge is 0.312 e. The van der Waals surface area contributed by atoms with Gasteiger partial charge in [-0.05, 0) is 47.9 Å². The molecule has 0 unspecified atom stereocenters. The van der Waals surface area contributed by atoms with Gasteiger partial charge < -0.3 is 9.72 Å². The Labute approximate surface area is 134 Å². The summed E-state index contributed by atoms with van der Waals surface area (Å²) in [5.74, 6) is 0.250. The van der Waals surface area contributed by atoms with Gasteiger partial charge in [-0.1, -0.05) is 25.3 Å². The molecule has 0 saturated heterocycles. The van der Waals surface area contributed by atoms with Gasteiger partial charge in [0, 0.05) is 6.20 Å². The summed E-state index contributed by atoms with van der Waals surface area (Å²) in [6, 6.07) is 8.49. The molecule has 1 aromatic carbocycles. The minimum Gasteiger partial charge on any atom is -0.312 e. The molecule has 0 spiro atoms. The van der Waals surface area contributed by atoms with Crippen LogP contribution in [0.15, 0.2) is 42.7 Å². The van der Waals surface area contributed by atoms with Crippen LogP contribution in [-0.4, -0.2) is 15.8 Å². The highest BCUT2D eigenvalue weighted by molar-refractivity contribution is 5.72. The molecule has 0 aliphatic heterocycles. The number of aryl methyl sites for hydroxylation is 1. The van der Waals surface area contributed by atoms with Crippen LogP contribution in [0.25, 0.3) is 16.8 Å². The van der Waals surface area contributed by atoms with E-state index >= 15 is 0 Å². The van der Waals surface area contributed by atoms with E-state index in [0.29, 0.717) is 12.2 Å². The topological polar surface area (TPSA) is 46.4 Å². The van der Waals surface area contributed by atoms with Crippen LogP contribution in [-0.2, 0) is 4.79 Å². The Kier molecular flexibility index (Phi) is 4.37. The number of amides is 1. The molecule has 23 heavy (non-hydrogen) atoms. The van der Waals surface area contributed by atoms with Gasteiger partial charge in [-0.2, -0.15) is 0 Å². The first-order valence-electron chi connectivity index (χ1n) is 7.63. The average Bonchev–Trinajstić information content (AvgIpc) is 3.34. The molecule has 0 radical (unpaired) electrons. The van der Waals surface area contributed by atoms with E-state index in [9.17, 15) is 9.18 Å². The van der Waals surface area contributed by atoms with E-state index in [2.05, 4.69) is 10.3 Å². The third-order valence-corrected chi connectivity index (χ3v) is 3.51. The highest BCUT2D eigenvalue weighted by Crippen LogP contribution is 2.25. The number of nitrogens with zero attached hydrogens (tertiary/aromatic N) is 2. The number of aromatic nitrogens is 2. The minimum atomic E-state index is -0.243. The fraction of sp³-hybridized carbons (Fsp3) is 0.222. The van der Waals surface area contributed by atoms with Crippen molar-refractivity contribution < 1.29 is 9.18 Å². The zero-order valence-corrected chi connectivity index (χ0v) is 12.9. The third kappa shape index (κ3) is 3.74. The smallest absolute Gasteiger partial charge is 0.212 e. The van der Waals surface area contributed by atoms with Crippen molar-refractivity contribution in [1.29, 1.82) is 0 Å². The van der Waals surface area contributed by atoms with Gasteiger partial charge in [-0.15, -0.1) is 0 Å². The summed E-state index contributed by atoms with van der Waals surface area (Å²) in [6.45, 7) is 1.87. The first kappa shape index (κ1) is 15.2. The summed E-state index contributed by atoms with van der Waals surface area (Å²) in [5, 5.41) is 2.51. The molecule has 0 atom stereocenters. The number of halogens is 1. The van der Waals surface area contributed by atoms with E-state index in [1.54, 1.807) is 12.3 Å². The van der Waals surface area contributed by atoms with Gasteiger partial charge in [0.2, 0.25) is 6.41 Å². The lowest BCUT2D eigenvalue weighted by Crippen LogP contribution is -1.92. The number of fused-ring (bicyclic) bond motifs is 1. The highest BCUT2D eigenvalue weighted by Gasteiger charge is 2.06. The number of hydrogen-bond acceptors (Lipinski definition) is 2. The SMILES string of the molecule is C1CC1.Cc1cc(F)ccc1-c1ccc2nc(NC=O)cn2c1. The molecule has 1 amide bonds. The van der Waals surface area contributed by atoms with Crippen LogP contribution in [0.3, 0.4) is 0 Å². The zero-order chi connectivity index (χ0) is 16.2. The number of hydrogen-bond donors (Lipinski definition) is 1. The monoisotopic (exact) mass is 311 g/mol. The van der Waals surface area contributed by atoms with Crippen LogP contribution in [0, 0.1) is 12.7 Å². The number of carbonyl (C=O) groups excluding carboxylic acids is 1. The van der Waals surface area contributed by atoms with Crippen molar-refractivity contribution >= 4 is 17.9 Å². The van der Waals surface area contributed by atoms with Crippen LogP contribution < -0.4 is 5.32 Å². The average molecular weight is 311 g/mol. The van der Waals surface area contributed by atoms with Gasteiger partial charge in [0.05, 0.1) is 6.20 Å². The van der Waals surface area contributed by atoms with Crippen LogP contribution in [0.1, 0.15) is 24.8 Å². The summed E-state index contributed by atoms with van der Waals surface area (Å²) >= 11 is 0. The molecule has 2 heterocycles. The van der Waals surface area contributed by atoms with E-state index in [-0.39, 0.29) is 5.82 Å². The summed E-state index contributed by atoms with van der Waals surface area (Å²) in [6.07, 6.45) is 8.72. The molecule has 1 aliphatic carbocycles. The second kappa shape index (κ2) is 6.60. The molecule has 4 nitrogen and oxygen atoms in total. The molecular formula is C18H18FN3O. The van der Waals surface area contributed by atoms with Crippen molar-refractivity contribution in [1.82, 2.24) is 9.38 Å². The summed E-state index contributed by atoms with van der Waals surface area (Å²) in [7, 11) is 0. The van der Waals surface area contributed by atoms with Gasteiger partial charge in [-0.3, -0.25) is 4.79 Å². The first-order valence-corrected chi connectivity index (χ1v) is 7.63. The third-order valence-electron chi connectivity index (χ3n) is 3.51. The van der Waals surface area contributed by atoms with E-state index in [4.69, 9.17) is 0 Å². The number of pyridine rings is 1. The number of nitrogens with one attached hydrogen (secondary N) is 1. The molecule has 1 N–H and O–H groups in total. The Balaban J connectivity index is 0.000000468. The van der Waals surface area contributed by atoms with Crippen molar-refractivity contribution in [3.63, 3.8) is 0 Å². The number of benzene rings is 1. The Morgan fingerprint density at radius 2 is 1.96 bits per heavy atom. The summed E-state index contributed by atoms with van der Waals surface area (Å²) in [4.78, 5) is 14.7. The molecule has 1 aliphatic rings. The number of imidazole rings is 1. The standard InChI is InChI=1S/C15H12FN3O.C3H6/c1-10-6-12(16)3-4-13(10)11-2-5-15-18-14(17-9-20)8-19(15)7-11;1-2-3-1/h2-9H,1H3,(H,17,20);1-3H2. The van der Waals surface area contributed by atoms with E-state index in [1.165, 1.54) is 31.4 Å². The van der Waals surface area contributed by atoms with E-state index in [1.807, 2.05) is 29.7 Å². The molecule has 2 aromatic heterocycles. The first-order chi connectivity index (χ1) is 11.2. The zero-order valence-electron chi connectivity index (χ0n) is 12.9. The number of rotatable bonds is 3. The van der Waals surface area contributed by atoms with E-state index in [0.717, 1.165) is 22.3 Å². The van der Waals surface area contributed by atoms with Gasteiger partial charge in [0.25, 0.3) is 0 Å². The maximum Gasteiger partial charge on any atom is 0.212 e. The van der Waals surface area contributed by atoms with Gasteiger partial charge in [0.1, 0.15) is 11.5 Å². The van der Waals surface area contributed by atoms with Crippen molar-refractivity contribution in [2.45, 2.75) is 26.2 Å². The fourth-order valence-electron chi connectivity index (χ4n) is 2.23. The van der Waals surface area contributed by atoms with Gasteiger partial charge >= 0.3 is 0 Å². The normalized spacial score (nSPS) is 12.4. The number of anilines is 1. The quantitative estimate of drug-likeness (QED) is 0.737. The predicted molar refractivity (Wildman–Crippen MR) is 88.9 cm³/mol. The molecule has 3 aromatic rings. The number of carbonyl (C=O) groups is 1. The van der Waals surface area contributed by atoms with Gasteiger partial charge in [0.15, 0.2) is 5.82 Å². The fourth-order valence-corrected chi connectivity index (χ4v) is 2.23. The highest BCUT2D eigenvalue weighted by atomic mass is 19.1. The second-order valence-corrected chi connectivity index (χ2v) is 5.59. The van der Waals surface area contributed by atoms with Gasteiger partial charge in [-0.25, -0.2) is 9.37 Å². The van der Waals surface area contributed by atoms with Crippen LogP contribution in [0.5, 0.6) is 0 Å². The van der Waals surface area contributed by atoms with Crippen LogP contribution >= 0.6 is 0 Å². The molecule has 4 rings (SSSR count). The molecule has 1 saturated carbocycles. The molecular weight excluding hydrogens is 293 g/mol. The maximum atomic E-state index is 13.1. The van der Waals surface area contributed by atoms with Crippen molar-refractivity contribution in [3.05, 3.63) is 54.1 Å². The predicted octanol–water partition coefficient (Wildman–Crippen LogP) is 4.19. The van der Waals surface area contributed by atoms with Crippen molar-refractivity contribution in [2.24, 2.45) is 0 Å². The minimum absolute atomic E-state index is 0.243. The summed E-state index contributed by atoms with van der Waals surface area (Å²) < 4.78 is 15.0. The molecule has 5 heteroatoms. The molecule has 1 fully saturated rings. The molecule has 0 bridgehead atoms. The molecule has 118 valence electrons. The lowest BCUT2D eigenvalue weighted by molar-refractivity contribution is -0.105. The van der Waals surface area contributed by atoms with Crippen molar-refractivity contribution in [2.75, 3.05) is 5.32 Å². The van der Waals surface area contributed by atoms with Crippen LogP contribution in [0.2, 0.25) is 0 Å². The Bertz CT molecular complexity index is 837. The summed E-state index contributed by atoms with van der Waals surface area (Å²) in [5.41, 5.74) is 3.53. The Hall–Kier alpha value is -2.69. The van der Waals surface area contributed by atoms with Crippen molar-refractivity contribution in [3.8, 4) is 11.1 Å². The second-order valence-electron chi connectivity index (χ2n) is 5.59. The maximum absolute atomic E-state index is 13.1.